The number of carbonyl (C=O) groups is 3. The summed E-state index contributed by atoms with van der Waals surface area (Å²) >= 11 is 0. The number of nitrogens with two attached hydrogens (primary N) is 1. The second-order valence-corrected chi connectivity index (χ2v) is 12.2. The van der Waals surface area contributed by atoms with Gasteiger partial charge in [0.15, 0.2) is 0 Å². The first-order chi connectivity index (χ1) is 18.6. The van der Waals surface area contributed by atoms with Crippen molar-refractivity contribution in [1.29, 1.82) is 0 Å². The molecule has 2 unspecified atom stereocenters. The molecule has 4 saturated carbocycles. The number of hydrogen-bond acceptors (Lipinski definition) is 8. The smallest absolute Gasteiger partial charge is 0.407 e. The summed E-state index contributed by atoms with van der Waals surface area (Å²) in [5, 5.41) is 10.7. The fraction of sp³-hybridized carbons (Fsp3) is 0.704. The summed E-state index contributed by atoms with van der Waals surface area (Å²) in [5.74, 6) is 1.87. The Morgan fingerprint density at radius 1 is 1.21 bits per heavy atom. The molecule has 3 amide bonds. The van der Waals surface area contributed by atoms with Gasteiger partial charge in [0.1, 0.15) is 11.4 Å². The van der Waals surface area contributed by atoms with Gasteiger partial charge in [-0.1, -0.05) is 0 Å². The molecule has 2 atom stereocenters. The van der Waals surface area contributed by atoms with E-state index in [1.54, 1.807) is 17.1 Å². The standard InChI is InChI=1S/C27H40N6O6/c1-26(2,31-25(36)37-3)4-5-33-23(32-6-8-38-9-7-32)20(15-29-33)22(34)30-21-18-10-17-11-19(21)14-27(12-17,13-18)16-39-24(28)35/h4-5,15,17-19,21H,6-14,16H2,1-3H3,(H2,28,35)(H,30,34)(H,31,36)/b5-4+. The Balaban J connectivity index is 1.35. The van der Waals surface area contributed by atoms with Crippen molar-refractivity contribution in [2.24, 2.45) is 28.9 Å². The Labute approximate surface area is 228 Å². The molecular weight excluding hydrogens is 504 g/mol. The number of carbonyl (C=O) groups excluding carboxylic acids is 3. The third-order valence-corrected chi connectivity index (χ3v) is 8.78. The van der Waals surface area contributed by atoms with Crippen LogP contribution >= 0.6 is 0 Å². The van der Waals surface area contributed by atoms with Gasteiger partial charge < -0.3 is 35.5 Å². The molecule has 4 N–H and O–H groups in total. The van der Waals surface area contributed by atoms with E-state index in [0.29, 0.717) is 62.0 Å². The fourth-order valence-electron chi connectivity index (χ4n) is 7.39. The lowest BCUT2D eigenvalue weighted by Crippen LogP contribution is -2.60. The summed E-state index contributed by atoms with van der Waals surface area (Å²) < 4.78 is 17.2. The average Bonchev–Trinajstić information content (AvgIpc) is 3.32. The minimum Gasteiger partial charge on any atom is -0.453 e. The number of ether oxygens (including phenoxy) is 3. The molecule has 5 fully saturated rings. The molecule has 5 aliphatic rings. The molecule has 4 bridgehead atoms. The van der Waals surface area contributed by atoms with Crippen molar-refractivity contribution < 1.29 is 28.6 Å². The van der Waals surface area contributed by atoms with E-state index >= 15 is 0 Å². The predicted octanol–water partition coefficient (Wildman–Crippen LogP) is 2.35. The first-order valence-corrected chi connectivity index (χ1v) is 13.8. The van der Waals surface area contributed by atoms with Crippen molar-refractivity contribution in [2.75, 3.05) is 44.9 Å². The van der Waals surface area contributed by atoms with Crippen LogP contribution in [0.4, 0.5) is 15.4 Å². The molecule has 1 aromatic rings. The maximum Gasteiger partial charge on any atom is 0.407 e. The van der Waals surface area contributed by atoms with Gasteiger partial charge >= 0.3 is 12.2 Å². The summed E-state index contributed by atoms with van der Waals surface area (Å²) in [6, 6.07) is 0.0790. The first-order valence-electron chi connectivity index (χ1n) is 13.8. The highest BCUT2D eigenvalue weighted by Gasteiger charge is 2.56. The van der Waals surface area contributed by atoms with E-state index < -0.39 is 17.7 Å². The van der Waals surface area contributed by atoms with E-state index in [0.717, 1.165) is 32.1 Å². The molecule has 4 aliphatic carbocycles. The number of nitrogens with one attached hydrogen (secondary N) is 2. The number of methoxy groups -OCH3 is 1. The normalized spacial score (nSPS) is 29.9. The molecule has 0 spiro atoms. The maximum atomic E-state index is 13.8. The van der Waals surface area contributed by atoms with Crippen LogP contribution in [0.25, 0.3) is 6.20 Å². The largest absolute Gasteiger partial charge is 0.453 e. The zero-order chi connectivity index (χ0) is 27.8. The van der Waals surface area contributed by atoms with Crippen molar-refractivity contribution in [2.45, 2.75) is 57.5 Å². The Hall–Kier alpha value is -3.28. The Morgan fingerprint density at radius 2 is 1.90 bits per heavy atom. The van der Waals surface area contributed by atoms with Gasteiger partial charge in [0.05, 0.1) is 38.7 Å². The fourth-order valence-corrected chi connectivity index (χ4v) is 7.39. The van der Waals surface area contributed by atoms with Crippen LogP contribution in [0.3, 0.4) is 0 Å². The lowest BCUT2D eigenvalue weighted by molar-refractivity contribution is -0.0977. The average molecular weight is 545 g/mol. The number of alkyl carbamates (subject to hydrolysis) is 1. The van der Waals surface area contributed by atoms with Crippen LogP contribution in [0, 0.1) is 23.2 Å². The van der Waals surface area contributed by atoms with E-state index in [2.05, 4.69) is 20.6 Å². The second-order valence-electron chi connectivity index (χ2n) is 12.2. The predicted molar refractivity (Wildman–Crippen MR) is 143 cm³/mol. The van der Waals surface area contributed by atoms with Crippen molar-refractivity contribution >= 4 is 30.1 Å². The van der Waals surface area contributed by atoms with Crippen LogP contribution in [0.5, 0.6) is 0 Å². The highest BCUT2D eigenvalue weighted by Crippen LogP contribution is 2.60. The molecule has 214 valence electrons. The van der Waals surface area contributed by atoms with Crippen LogP contribution in [-0.4, -0.2) is 79.5 Å². The molecule has 1 saturated heterocycles. The van der Waals surface area contributed by atoms with Crippen molar-refractivity contribution in [3.8, 4) is 0 Å². The maximum absolute atomic E-state index is 13.8. The van der Waals surface area contributed by atoms with Crippen LogP contribution in [-0.2, 0) is 14.2 Å². The monoisotopic (exact) mass is 544 g/mol. The Morgan fingerprint density at radius 3 is 2.54 bits per heavy atom. The number of hydrogen-bond donors (Lipinski definition) is 3. The van der Waals surface area contributed by atoms with Crippen LogP contribution in [0.2, 0.25) is 0 Å². The van der Waals surface area contributed by atoms with E-state index in [-0.39, 0.29) is 17.4 Å². The quantitative estimate of drug-likeness (QED) is 0.451. The highest BCUT2D eigenvalue weighted by atomic mass is 16.5. The number of rotatable bonds is 8. The molecule has 0 radical (unpaired) electrons. The zero-order valence-electron chi connectivity index (χ0n) is 23.0. The van der Waals surface area contributed by atoms with Crippen LogP contribution in [0.15, 0.2) is 12.3 Å². The van der Waals surface area contributed by atoms with E-state index in [9.17, 15) is 14.4 Å². The number of anilines is 1. The Bertz CT molecular complexity index is 1110. The summed E-state index contributed by atoms with van der Waals surface area (Å²) in [6.07, 6.45) is 9.03. The van der Waals surface area contributed by atoms with E-state index in [1.165, 1.54) is 7.11 Å². The van der Waals surface area contributed by atoms with Crippen molar-refractivity contribution in [1.82, 2.24) is 20.4 Å². The lowest BCUT2D eigenvalue weighted by Gasteiger charge is -2.59. The Kier molecular flexibility index (Phi) is 7.49. The number of primary amides is 1. The molecule has 6 rings (SSSR count). The zero-order valence-corrected chi connectivity index (χ0v) is 23.0. The van der Waals surface area contributed by atoms with Crippen LogP contribution in [0.1, 0.15) is 56.3 Å². The first kappa shape index (κ1) is 27.3. The van der Waals surface area contributed by atoms with Gasteiger partial charge in [-0.25, -0.2) is 14.3 Å². The van der Waals surface area contributed by atoms with Gasteiger partial charge in [0.25, 0.3) is 5.91 Å². The van der Waals surface area contributed by atoms with Gasteiger partial charge in [-0.3, -0.25) is 4.79 Å². The number of amides is 3. The molecule has 2 heterocycles. The number of nitrogens with zero attached hydrogens (tertiary/aromatic N) is 3. The van der Waals surface area contributed by atoms with Gasteiger partial charge in [-0.15, -0.1) is 0 Å². The van der Waals surface area contributed by atoms with Crippen molar-refractivity contribution in [3.63, 3.8) is 0 Å². The van der Waals surface area contributed by atoms with Gasteiger partial charge in [-0.05, 0) is 69.8 Å². The molecule has 39 heavy (non-hydrogen) atoms. The molecule has 1 aromatic heterocycles. The SMILES string of the molecule is COC(=O)NC(C)(C)/C=C/n1ncc(C(=O)NC2C3CC4CC2CC(COC(N)=O)(C4)C3)c1N1CCOCC1. The van der Waals surface area contributed by atoms with Crippen LogP contribution < -0.4 is 21.3 Å². The molecular formula is C27H40N6O6. The summed E-state index contributed by atoms with van der Waals surface area (Å²) in [4.78, 5) is 38.9. The minimum atomic E-state index is -0.721. The summed E-state index contributed by atoms with van der Waals surface area (Å²) in [5.41, 5.74) is 5.06. The third-order valence-electron chi connectivity index (χ3n) is 8.78. The minimum absolute atomic E-state index is 0.0214. The number of morpholine rings is 1. The van der Waals surface area contributed by atoms with Gasteiger partial charge in [-0.2, -0.15) is 5.10 Å². The molecule has 12 nitrogen and oxygen atoms in total. The molecule has 0 aromatic carbocycles. The molecule has 12 heteroatoms. The highest BCUT2D eigenvalue weighted by molar-refractivity contribution is 5.99. The molecule has 1 aliphatic heterocycles. The topological polar surface area (TPSA) is 150 Å². The van der Waals surface area contributed by atoms with E-state index in [4.69, 9.17) is 19.9 Å². The summed E-state index contributed by atoms with van der Waals surface area (Å²) in [6.45, 7) is 6.47. The number of aromatic nitrogens is 2. The van der Waals surface area contributed by atoms with Gasteiger partial charge in [0, 0.05) is 30.7 Å². The van der Waals surface area contributed by atoms with Gasteiger partial charge in [0.2, 0.25) is 0 Å². The third kappa shape index (κ3) is 5.85. The second kappa shape index (κ2) is 10.7. The lowest BCUT2D eigenvalue weighted by atomic mass is 9.48. The summed E-state index contributed by atoms with van der Waals surface area (Å²) in [7, 11) is 1.32. The van der Waals surface area contributed by atoms with Crippen molar-refractivity contribution in [3.05, 3.63) is 17.8 Å². The van der Waals surface area contributed by atoms with E-state index in [1.807, 2.05) is 19.9 Å².